The molecule has 0 bridgehead atoms. The zero-order valence-electron chi connectivity index (χ0n) is 15.8. The number of aromatic nitrogens is 4. The van der Waals surface area contributed by atoms with Gasteiger partial charge < -0.3 is 14.8 Å². The van der Waals surface area contributed by atoms with Crippen molar-refractivity contribution in [3.05, 3.63) is 60.5 Å². The Balaban J connectivity index is 1.55. The molecule has 0 saturated carbocycles. The van der Waals surface area contributed by atoms with Crippen molar-refractivity contribution in [2.24, 2.45) is 0 Å². The third-order valence-electron chi connectivity index (χ3n) is 4.70. The molecule has 29 heavy (non-hydrogen) atoms. The molecule has 0 amide bonds. The zero-order chi connectivity index (χ0) is 19.8. The van der Waals surface area contributed by atoms with Crippen LogP contribution >= 0.6 is 11.3 Å². The van der Waals surface area contributed by atoms with E-state index in [1.54, 1.807) is 31.8 Å². The smallest absolute Gasteiger partial charge is 0.180 e. The van der Waals surface area contributed by atoms with Gasteiger partial charge in [0.25, 0.3) is 0 Å². The largest absolute Gasteiger partial charge is 0.493 e. The van der Waals surface area contributed by atoms with Gasteiger partial charge >= 0.3 is 0 Å². The van der Waals surface area contributed by atoms with Crippen molar-refractivity contribution in [1.82, 2.24) is 19.4 Å². The number of imidazole rings is 1. The van der Waals surface area contributed by atoms with Crippen LogP contribution in [0.2, 0.25) is 0 Å². The van der Waals surface area contributed by atoms with Crippen LogP contribution in [0.1, 0.15) is 0 Å². The maximum Gasteiger partial charge on any atom is 0.180 e. The van der Waals surface area contributed by atoms with Gasteiger partial charge in [-0.3, -0.25) is 4.40 Å². The van der Waals surface area contributed by atoms with Gasteiger partial charge in [0, 0.05) is 29.7 Å². The molecule has 144 valence electrons. The highest BCUT2D eigenvalue weighted by molar-refractivity contribution is 7.16. The van der Waals surface area contributed by atoms with E-state index in [-0.39, 0.29) is 0 Å². The third kappa shape index (κ3) is 3.03. The second kappa shape index (κ2) is 7.06. The monoisotopic (exact) mass is 403 g/mol. The maximum atomic E-state index is 5.38. The molecule has 3 aromatic heterocycles. The first-order valence-corrected chi connectivity index (χ1v) is 9.79. The summed E-state index contributed by atoms with van der Waals surface area (Å²) in [5.74, 6) is 1.97. The molecule has 3 heterocycles. The summed E-state index contributed by atoms with van der Waals surface area (Å²) in [7, 11) is 3.23. The number of hydrogen-bond acceptors (Lipinski definition) is 7. The molecule has 8 heteroatoms. The molecule has 0 fully saturated rings. The second-order valence-corrected chi connectivity index (χ2v) is 7.23. The summed E-state index contributed by atoms with van der Waals surface area (Å²) in [5, 5.41) is 3.32. The van der Waals surface area contributed by atoms with Gasteiger partial charge in [0.15, 0.2) is 23.0 Å². The number of anilines is 2. The summed E-state index contributed by atoms with van der Waals surface area (Å²) >= 11 is 1.63. The molecule has 0 aliphatic carbocycles. The Morgan fingerprint density at radius 2 is 1.86 bits per heavy atom. The van der Waals surface area contributed by atoms with Gasteiger partial charge in [-0.05, 0) is 24.3 Å². The number of nitrogens with one attached hydrogen (secondary N) is 1. The lowest BCUT2D eigenvalue weighted by Gasteiger charge is -2.13. The SMILES string of the molecule is COc1ccc(Nc2ncc(-c3ccc4scnc4c3)n3ccnc23)cc1OC. The number of hydrogen-bond donors (Lipinski definition) is 1. The molecular formula is C21H17N5O2S. The molecule has 0 aliphatic rings. The van der Waals surface area contributed by atoms with Gasteiger partial charge in [0.1, 0.15) is 0 Å². The molecule has 5 rings (SSSR count). The normalized spacial score (nSPS) is 11.1. The molecule has 7 nitrogen and oxygen atoms in total. The van der Waals surface area contributed by atoms with Crippen LogP contribution in [0.25, 0.3) is 27.1 Å². The fourth-order valence-electron chi connectivity index (χ4n) is 3.29. The summed E-state index contributed by atoms with van der Waals surface area (Å²) in [6.45, 7) is 0. The molecule has 1 N–H and O–H groups in total. The number of rotatable bonds is 5. The number of methoxy groups -OCH3 is 2. The first kappa shape index (κ1) is 17.4. The highest BCUT2D eigenvalue weighted by Crippen LogP contribution is 2.32. The Hall–Kier alpha value is -3.65. The minimum atomic E-state index is 0.644. The average Bonchev–Trinajstić information content (AvgIpc) is 3.43. The van der Waals surface area contributed by atoms with E-state index in [1.807, 2.05) is 40.5 Å². The maximum absolute atomic E-state index is 5.38. The second-order valence-electron chi connectivity index (χ2n) is 6.34. The molecule has 0 saturated heterocycles. The Morgan fingerprint density at radius 1 is 0.966 bits per heavy atom. The lowest BCUT2D eigenvalue weighted by molar-refractivity contribution is 0.355. The topological polar surface area (TPSA) is 73.6 Å². The van der Waals surface area contributed by atoms with E-state index in [0.717, 1.165) is 32.8 Å². The van der Waals surface area contributed by atoms with Crippen molar-refractivity contribution in [3.8, 4) is 22.8 Å². The first-order chi connectivity index (χ1) is 14.3. The van der Waals surface area contributed by atoms with E-state index in [0.29, 0.717) is 17.3 Å². The molecule has 0 atom stereocenters. The van der Waals surface area contributed by atoms with Crippen molar-refractivity contribution in [2.45, 2.75) is 0 Å². The van der Waals surface area contributed by atoms with E-state index in [1.165, 1.54) is 0 Å². The van der Waals surface area contributed by atoms with E-state index < -0.39 is 0 Å². The van der Waals surface area contributed by atoms with Gasteiger partial charge in [-0.1, -0.05) is 6.07 Å². The van der Waals surface area contributed by atoms with E-state index in [4.69, 9.17) is 9.47 Å². The average molecular weight is 403 g/mol. The summed E-state index contributed by atoms with van der Waals surface area (Å²) in [6, 6.07) is 11.9. The Labute approximate surface area is 170 Å². The molecular weight excluding hydrogens is 386 g/mol. The van der Waals surface area contributed by atoms with Crippen molar-refractivity contribution >= 4 is 38.7 Å². The van der Waals surface area contributed by atoms with Crippen molar-refractivity contribution in [2.75, 3.05) is 19.5 Å². The Bertz CT molecular complexity index is 1330. The van der Waals surface area contributed by atoms with Gasteiger partial charge in [-0.15, -0.1) is 11.3 Å². The highest BCUT2D eigenvalue weighted by Gasteiger charge is 2.12. The minimum absolute atomic E-state index is 0.644. The van der Waals surface area contributed by atoms with Crippen LogP contribution in [0.15, 0.2) is 60.5 Å². The number of fused-ring (bicyclic) bond motifs is 2. The molecule has 5 aromatic rings. The third-order valence-corrected chi connectivity index (χ3v) is 5.51. The highest BCUT2D eigenvalue weighted by atomic mass is 32.1. The Kier molecular flexibility index (Phi) is 4.25. The molecule has 0 radical (unpaired) electrons. The van der Waals surface area contributed by atoms with Gasteiger partial charge in [-0.25, -0.2) is 15.0 Å². The van der Waals surface area contributed by atoms with E-state index >= 15 is 0 Å². The van der Waals surface area contributed by atoms with Gasteiger partial charge in [-0.2, -0.15) is 0 Å². The van der Waals surface area contributed by atoms with Crippen LogP contribution < -0.4 is 14.8 Å². The molecule has 0 unspecified atom stereocenters. The number of thiazole rings is 1. The lowest BCUT2D eigenvalue weighted by Crippen LogP contribution is -2.01. The standard InChI is InChI=1S/C21H17N5O2S/c1-27-17-5-4-14(10-18(17)28-2)25-20-21-22-7-8-26(21)16(11-23-20)13-3-6-19-15(9-13)24-12-29-19/h3-12H,1-2H3,(H,23,25). The summed E-state index contributed by atoms with van der Waals surface area (Å²) in [5.41, 5.74) is 6.39. The van der Waals surface area contributed by atoms with Crippen LogP contribution in [-0.2, 0) is 0 Å². The Morgan fingerprint density at radius 3 is 2.72 bits per heavy atom. The van der Waals surface area contributed by atoms with Crippen LogP contribution in [0.4, 0.5) is 11.5 Å². The fraction of sp³-hybridized carbons (Fsp3) is 0.0952. The van der Waals surface area contributed by atoms with Crippen molar-refractivity contribution in [1.29, 1.82) is 0 Å². The molecule has 0 aliphatic heterocycles. The van der Waals surface area contributed by atoms with Gasteiger partial charge in [0.05, 0.1) is 41.8 Å². The van der Waals surface area contributed by atoms with Crippen LogP contribution in [0, 0.1) is 0 Å². The van der Waals surface area contributed by atoms with Crippen LogP contribution in [0.3, 0.4) is 0 Å². The predicted octanol–water partition coefficient (Wildman–Crippen LogP) is 4.77. The van der Waals surface area contributed by atoms with Crippen molar-refractivity contribution in [3.63, 3.8) is 0 Å². The summed E-state index contributed by atoms with van der Waals surface area (Å²) < 4.78 is 13.9. The van der Waals surface area contributed by atoms with Gasteiger partial charge in [0.2, 0.25) is 0 Å². The van der Waals surface area contributed by atoms with Crippen LogP contribution in [-0.4, -0.2) is 33.6 Å². The van der Waals surface area contributed by atoms with Crippen molar-refractivity contribution < 1.29 is 9.47 Å². The zero-order valence-corrected chi connectivity index (χ0v) is 16.6. The number of benzene rings is 2. The summed E-state index contributed by atoms with van der Waals surface area (Å²) in [4.78, 5) is 13.5. The summed E-state index contributed by atoms with van der Waals surface area (Å²) in [6.07, 6.45) is 5.53. The van der Waals surface area contributed by atoms with Crippen LogP contribution in [0.5, 0.6) is 11.5 Å². The predicted molar refractivity (Wildman–Crippen MR) is 114 cm³/mol. The first-order valence-electron chi connectivity index (χ1n) is 8.91. The van der Waals surface area contributed by atoms with E-state index in [9.17, 15) is 0 Å². The number of ether oxygens (including phenoxy) is 2. The van der Waals surface area contributed by atoms with E-state index in [2.05, 4.69) is 38.5 Å². The molecule has 2 aromatic carbocycles. The molecule has 0 spiro atoms. The fourth-order valence-corrected chi connectivity index (χ4v) is 3.95. The number of nitrogens with zero attached hydrogens (tertiary/aromatic N) is 4. The lowest BCUT2D eigenvalue weighted by atomic mass is 10.1. The minimum Gasteiger partial charge on any atom is -0.493 e. The quantitative estimate of drug-likeness (QED) is 0.456.